The lowest BCUT2D eigenvalue weighted by Gasteiger charge is -2.19. The zero-order chi connectivity index (χ0) is 14.5. The Balaban J connectivity index is 2.29. The van der Waals surface area contributed by atoms with Gasteiger partial charge in [-0.1, -0.05) is 30.7 Å². The van der Waals surface area contributed by atoms with Gasteiger partial charge in [-0.05, 0) is 19.5 Å². The van der Waals surface area contributed by atoms with Gasteiger partial charge in [0.1, 0.15) is 11.6 Å². The zero-order valence-electron chi connectivity index (χ0n) is 11.7. The molecule has 1 atom stereocenters. The molecule has 1 N–H and O–H groups in total. The van der Waals surface area contributed by atoms with Gasteiger partial charge >= 0.3 is 0 Å². The first kappa shape index (κ1) is 15.0. The molecule has 0 aliphatic carbocycles. The summed E-state index contributed by atoms with van der Waals surface area (Å²) in [6, 6.07) is 4.98. The van der Waals surface area contributed by atoms with Crippen LogP contribution in [0.15, 0.2) is 30.6 Å². The quantitative estimate of drug-likeness (QED) is 0.882. The van der Waals surface area contributed by atoms with Gasteiger partial charge in [0.05, 0.1) is 5.02 Å². The molecule has 1 heterocycles. The Bertz CT molecular complexity index is 568. The molecule has 20 heavy (non-hydrogen) atoms. The lowest BCUT2D eigenvalue weighted by Crippen LogP contribution is -2.25. The van der Waals surface area contributed by atoms with Crippen molar-refractivity contribution in [2.75, 3.05) is 6.54 Å². The van der Waals surface area contributed by atoms with Crippen molar-refractivity contribution in [1.29, 1.82) is 0 Å². The van der Waals surface area contributed by atoms with E-state index >= 15 is 0 Å². The maximum absolute atomic E-state index is 14.2. The highest BCUT2D eigenvalue weighted by molar-refractivity contribution is 6.30. The van der Waals surface area contributed by atoms with Crippen LogP contribution < -0.4 is 5.32 Å². The fourth-order valence-corrected chi connectivity index (χ4v) is 2.51. The molecule has 0 saturated carbocycles. The molecule has 0 bridgehead atoms. The van der Waals surface area contributed by atoms with Crippen molar-refractivity contribution in [2.24, 2.45) is 0 Å². The summed E-state index contributed by atoms with van der Waals surface area (Å²) in [6.07, 6.45) is 4.34. The number of halogens is 2. The highest BCUT2D eigenvalue weighted by atomic mass is 35.5. The van der Waals surface area contributed by atoms with E-state index in [1.807, 2.05) is 13.1 Å². The average Bonchev–Trinajstić information content (AvgIpc) is 2.89. The minimum absolute atomic E-state index is 0.133. The maximum Gasteiger partial charge on any atom is 0.146 e. The predicted octanol–water partition coefficient (Wildman–Crippen LogP) is 3.59. The number of benzene rings is 1. The zero-order valence-corrected chi connectivity index (χ0v) is 12.5. The Hall–Kier alpha value is -1.39. The highest BCUT2D eigenvalue weighted by Crippen LogP contribution is 2.25. The smallest absolute Gasteiger partial charge is 0.146 e. The maximum atomic E-state index is 14.2. The van der Waals surface area contributed by atoms with E-state index in [4.69, 9.17) is 11.6 Å². The van der Waals surface area contributed by atoms with Gasteiger partial charge in [0.25, 0.3) is 0 Å². The fraction of sp³-hybridized carbons (Fsp3) is 0.400. The number of nitrogens with one attached hydrogen (secondary N) is 1. The molecular weight excluding hydrogens is 277 g/mol. The van der Waals surface area contributed by atoms with E-state index in [2.05, 4.69) is 21.8 Å². The summed E-state index contributed by atoms with van der Waals surface area (Å²) in [6.45, 7) is 5.67. The Labute approximate surface area is 123 Å². The monoisotopic (exact) mass is 295 g/mol. The first-order valence-electron chi connectivity index (χ1n) is 6.84. The van der Waals surface area contributed by atoms with Crippen molar-refractivity contribution >= 4 is 11.6 Å². The molecule has 1 aromatic heterocycles. The lowest BCUT2D eigenvalue weighted by molar-refractivity contribution is 0.492. The Morgan fingerprint density at radius 1 is 1.40 bits per heavy atom. The number of rotatable bonds is 6. The topological polar surface area (TPSA) is 29.9 Å². The van der Waals surface area contributed by atoms with Crippen LogP contribution >= 0.6 is 11.6 Å². The second-order valence-corrected chi connectivity index (χ2v) is 4.99. The first-order valence-corrected chi connectivity index (χ1v) is 7.22. The molecule has 0 saturated heterocycles. The summed E-state index contributed by atoms with van der Waals surface area (Å²) in [7, 11) is 0. The molecular formula is C15H19ClFN3. The molecule has 0 spiro atoms. The van der Waals surface area contributed by atoms with Gasteiger partial charge in [-0.3, -0.25) is 0 Å². The van der Waals surface area contributed by atoms with E-state index in [1.165, 1.54) is 0 Å². The van der Waals surface area contributed by atoms with E-state index in [0.717, 1.165) is 18.9 Å². The molecule has 0 aliphatic heterocycles. The predicted molar refractivity (Wildman–Crippen MR) is 79.4 cm³/mol. The molecule has 2 aromatic rings. The molecule has 2 rings (SSSR count). The Kier molecular flexibility index (Phi) is 5.15. The minimum Gasteiger partial charge on any atom is -0.335 e. The summed E-state index contributed by atoms with van der Waals surface area (Å²) in [4.78, 5) is 4.35. The number of hydrogen-bond acceptors (Lipinski definition) is 2. The normalized spacial score (nSPS) is 12.6. The third-order valence-corrected chi connectivity index (χ3v) is 3.63. The third kappa shape index (κ3) is 3.19. The number of hydrogen-bond donors (Lipinski definition) is 1. The van der Waals surface area contributed by atoms with E-state index in [0.29, 0.717) is 12.0 Å². The van der Waals surface area contributed by atoms with Crippen LogP contribution in [0.4, 0.5) is 4.39 Å². The average molecular weight is 296 g/mol. The van der Waals surface area contributed by atoms with E-state index in [1.54, 1.807) is 24.4 Å². The molecule has 3 nitrogen and oxygen atoms in total. The first-order chi connectivity index (χ1) is 9.67. The van der Waals surface area contributed by atoms with Crippen LogP contribution in [-0.4, -0.2) is 16.1 Å². The summed E-state index contributed by atoms with van der Waals surface area (Å²) < 4.78 is 16.2. The van der Waals surface area contributed by atoms with Crippen LogP contribution in [0.5, 0.6) is 0 Å². The number of nitrogens with zero attached hydrogens (tertiary/aromatic N) is 2. The van der Waals surface area contributed by atoms with Gasteiger partial charge in [-0.15, -0.1) is 0 Å². The van der Waals surface area contributed by atoms with Crippen LogP contribution in [0.3, 0.4) is 0 Å². The van der Waals surface area contributed by atoms with E-state index in [9.17, 15) is 4.39 Å². The summed E-state index contributed by atoms with van der Waals surface area (Å²) in [5, 5.41) is 3.46. The number of likely N-dealkylation sites (N-methyl/N-ethyl adjacent to an activating group) is 1. The molecule has 1 aromatic carbocycles. The van der Waals surface area contributed by atoms with E-state index < -0.39 is 0 Å². The summed E-state index contributed by atoms with van der Waals surface area (Å²) in [5.74, 6) is 0.590. The van der Waals surface area contributed by atoms with Gasteiger partial charge in [0.2, 0.25) is 0 Å². The van der Waals surface area contributed by atoms with E-state index in [-0.39, 0.29) is 16.9 Å². The van der Waals surface area contributed by atoms with Crippen molar-refractivity contribution in [3.8, 4) is 0 Å². The summed E-state index contributed by atoms with van der Waals surface area (Å²) >= 11 is 5.87. The van der Waals surface area contributed by atoms with Gasteiger partial charge < -0.3 is 9.88 Å². The largest absolute Gasteiger partial charge is 0.335 e. The van der Waals surface area contributed by atoms with Crippen molar-refractivity contribution < 1.29 is 4.39 Å². The Morgan fingerprint density at radius 2 is 2.20 bits per heavy atom. The standard InChI is InChI=1S/C15H19ClFN3/c1-3-18-13(10-14-19-8-9-20(14)4-2)11-6-5-7-12(16)15(11)17/h5-9,13,18H,3-4,10H2,1-2H3. The highest BCUT2D eigenvalue weighted by Gasteiger charge is 2.19. The van der Waals surface area contributed by atoms with Crippen molar-refractivity contribution in [2.45, 2.75) is 32.9 Å². The molecule has 0 aliphatic rings. The van der Waals surface area contributed by atoms with Crippen molar-refractivity contribution in [3.63, 3.8) is 0 Å². The second kappa shape index (κ2) is 6.86. The number of imidazole rings is 1. The van der Waals surface area contributed by atoms with Crippen LogP contribution in [0, 0.1) is 5.82 Å². The van der Waals surface area contributed by atoms with Crippen LogP contribution in [0.2, 0.25) is 5.02 Å². The number of aryl methyl sites for hydroxylation is 1. The molecule has 1 unspecified atom stereocenters. The SMILES string of the molecule is CCNC(Cc1nccn1CC)c1cccc(Cl)c1F. The molecule has 0 amide bonds. The van der Waals surface area contributed by atoms with Gasteiger partial charge in [-0.25, -0.2) is 9.37 Å². The van der Waals surface area contributed by atoms with Gasteiger partial charge in [-0.2, -0.15) is 0 Å². The second-order valence-electron chi connectivity index (χ2n) is 4.59. The van der Waals surface area contributed by atoms with Gasteiger partial charge in [0, 0.05) is 37.0 Å². The molecule has 0 radical (unpaired) electrons. The van der Waals surface area contributed by atoms with Crippen molar-refractivity contribution in [3.05, 3.63) is 52.8 Å². The van der Waals surface area contributed by atoms with Crippen LogP contribution in [-0.2, 0) is 13.0 Å². The third-order valence-electron chi connectivity index (χ3n) is 3.34. The summed E-state index contributed by atoms with van der Waals surface area (Å²) in [5.41, 5.74) is 0.588. The molecule has 0 fully saturated rings. The fourth-order valence-electron chi connectivity index (χ4n) is 2.33. The minimum atomic E-state index is -0.352. The van der Waals surface area contributed by atoms with Crippen molar-refractivity contribution in [1.82, 2.24) is 14.9 Å². The lowest BCUT2D eigenvalue weighted by atomic mass is 10.0. The Morgan fingerprint density at radius 3 is 2.90 bits per heavy atom. The van der Waals surface area contributed by atoms with Crippen LogP contribution in [0.1, 0.15) is 31.3 Å². The molecule has 108 valence electrons. The van der Waals surface area contributed by atoms with Crippen LogP contribution in [0.25, 0.3) is 0 Å². The van der Waals surface area contributed by atoms with Gasteiger partial charge in [0.15, 0.2) is 0 Å². The number of aromatic nitrogens is 2. The molecule has 5 heteroatoms.